The van der Waals surface area contributed by atoms with E-state index in [9.17, 15) is 19.7 Å². The van der Waals surface area contributed by atoms with E-state index in [1.807, 2.05) is 38.1 Å². The highest BCUT2D eigenvalue weighted by Crippen LogP contribution is 2.36. The maximum atomic E-state index is 12.6. The molecule has 240 valence electrons. The number of rotatable bonds is 12. The van der Waals surface area contributed by atoms with E-state index in [4.69, 9.17) is 25.5 Å². The number of carbonyl (C=O) groups excluding carboxylic acids is 2. The number of nitro groups is 1. The molecule has 2 amide bonds. The molecule has 5 rings (SSSR count). The molecule has 2 heterocycles. The summed E-state index contributed by atoms with van der Waals surface area (Å²) in [6, 6.07) is 24.0. The lowest BCUT2D eigenvalue weighted by molar-refractivity contribution is -0.385. The Hall–Kier alpha value is -5.40. The molecule has 0 saturated heterocycles. The molecule has 2 N–H and O–H groups in total. The van der Waals surface area contributed by atoms with Crippen molar-refractivity contribution in [1.29, 1.82) is 0 Å². The molecule has 0 aliphatic rings. The van der Waals surface area contributed by atoms with Gasteiger partial charge in [-0.1, -0.05) is 11.6 Å². The third-order valence-electron chi connectivity index (χ3n) is 6.73. The minimum Gasteiger partial charge on any atom is -0.486 e. The van der Waals surface area contributed by atoms with E-state index in [1.54, 1.807) is 30.3 Å². The molecule has 5 aromatic rings. The molecule has 2 aromatic heterocycles. The summed E-state index contributed by atoms with van der Waals surface area (Å²) in [6.45, 7) is 3.71. The van der Waals surface area contributed by atoms with E-state index in [2.05, 4.69) is 48.5 Å². The Labute approximate surface area is 282 Å². The highest BCUT2D eigenvalue weighted by molar-refractivity contribution is 9.10. The van der Waals surface area contributed by atoms with Crippen molar-refractivity contribution in [3.8, 4) is 17.2 Å². The standard InChI is InChI=1S/C33H27BrClN5O7/c1-20-3-4-21(2)39(20)25-9-11-26(12-10-25)45-18-27-13-14-30(47-27)33(42)38-36-17-22-15-28(34)32(29(16-22)40(43)44)46-19-31(41)37-24-7-5-23(35)6-8-24/h3-17H,18-19H2,1-2H3,(H,37,41)(H,38,42)/b36-17+. The zero-order chi connectivity index (χ0) is 33.5. The molecule has 0 spiro atoms. The monoisotopic (exact) mass is 719 g/mol. The van der Waals surface area contributed by atoms with Gasteiger partial charge in [-0.3, -0.25) is 19.7 Å². The van der Waals surface area contributed by atoms with Crippen LogP contribution < -0.4 is 20.2 Å². The molecule has 0 bridgehead atoms. The Bertz CT molecular complexity index is 1930. The van der Waals surface area contributed by atoms with Crippen LogP contribution in [0.25, 0.3) is 5.69 Å². The number of furan rings is 1. The van der Waals surface area contributed by atoms with E-state index in [0.29, 0.717) is 22.2 Å². The molecular formula is C33H27BrClN5O7. The smallest absolute Gasteiger partial charge is 0.312 e. The summed E-state index contributed by atoms with van der Waals surface area (Å²) in [5.74, 6) is -0.230. The van der Waals surface area contributed by atoms with E-state index < -0.39 is 29.0 Å². The SMILES string of the molecule is Cc1ccc(C)n1-c1ccc(OCc2ccc(C(=O)N/N=C/c3cc(Br)c(OCC(=O)Nc4ccc(Cl)cc4)c([N+](=O)[O-])c3)o2)cc1. The van der Waals surface area contributed by atoms with Gasteiger partial charge in [0.05, 0.1) is 15.6 Å². The van der Waals surface area contributed by atoms with Gasteiger partial charge in [-0.05, 0) is 109 Å². The second-order valence-corrected chi connectivity index (χ2v) is 11.4. The van der Waals surface area contributed by atoms with Crippen molar-refractivity contribution < 1.29 is 28.4 Å². The number of hydrogen-bond donors (Lipinski definition) is 2. The fraction of sp³-hybridized carbons (Fsp3) is 0.121. The average Bonchev–Trinajstić information content (AvgIpc) is 3.66. The number of nitrogens with one attached hydrogen (secondary N) is 2. The van der Waals surface area contributed by atoms with Crippen LogP contribution in [-0.2, 0) is 11.4 Å². The zero-order valence-corrected chi connectivity index (χ0v) is 27.4. The van der Waals surface area contributed by atoms with E-state index in [0.717, 1.165) is 17.1 Å². The molecular weight excluding hydrogens is 694 g/mol. The molecule has 47 heavy (non-hydrogen) atoms. The molecule has 0 aliphatic heterocycles. The first-order valence-electron chi connectivity index (χ1n) is 14.0. The van der Waals surface area contributed by atoms with Crippen molar-refractivity contribution >= 4 is 56.9 Å². The lowest BCUT2D eigenvalue weighted by Gasteiger charge is -2.10. The number of benzene rings is 3. The van der Waals surface area contributed by atoms with Gasteiger partial charge in [0.15, 0.2) is 12.4 Å². The second-order valence-electron chi connectivity index (χ2n) is 10.2. The predicted molar refractivity (Wildman–Crippen MR) is 180 cm³/mol. The first-order chi connectivity index (χ1) is 22.6. The first kappa shape index (κ1) is 33.0. The molecule has 0 saturated carbocycles. The Morgan fingerprint density at radius 1 is 1.00 bits per heavy atom. The van der Waals surface area contributed by atoms with Gasteiger partial charge in [0, 0.05) is 39.4 Å². The van der Waals surface area contributed by atoms with Crippen LogP contribution >= 0.6 is 27.5 Å². The van der Waals surface area contributed by atoms with Gasteiger partial charge in [-0.2, -0.15) is 5.10 Å². The van der Waals surface area contributed by atoms with Crippen LogP contribution in [0.5, 0.6) is 11.5 Å². The summed E-state index contributed by atoms with van der Waals surface area (Å²) >= 11 is 9.09. The summed E-state index contributed by atoms with van der Waals surface area (Å²) in [4.78, 5) is 36.0. The number of ether oxygens (including phenoxy) is 2. The molecule has 0 radical (unpaired) electrons. The largest absolute Gasteiger partial charge is 0.486 e. The van der Waals surface area contributed by atoms with Gasteiger partial charge < -0.3 is 23.8 Å². The van der Waals surface area contributed by atoms with Crippen LogP contribution in [0.4, 0.5) is 11.4 Å². The number of aryl methyl sites for hydroxylation is 2. The molecule has 0 atom stereocenters. The number of anilines is 1. The maximum Gasteiger partial charge on any atom is 0.312 e. The predicted octanol–water partition coefficient (Wildman–Crippen LogP) is 7.37. The molecule has 3 aromatic carbocycles. The molecule has 14 heteroatoms. The highest BCUT2D eigenvalue weighted by Gasteiger charge is 2.21. The van der Waals surface area contributed by atoms with Gasteiger partial charge in [0.2, 0.25) is 5.75 Å². The van der Waals surface area contributed by atoms with Gasteiger partial charge in [0.25, 0.3) is 5.91 Å². The Balaban J connectivity index is 1.14. The number of hydrazone groups is 1. The summed E-state index contributed by atoms with van der Waals surface area (Å²) < 4.78 is 19.2. The quantitative estimate of drug-likeness (QED) is 0.0776. The normalized spacial score (nSPS) is 11.0. The number of aromatic nitrogens is 1. The number of halogens is 2. The number of hydrogen-bond acceptors (Lipinski definition) is 8. The van der Waals surface area contributed by atoms with Crippen molar-refractivity contribution in [1.82, 2.24) is 9.99 Å². The third-order valence-corrected chi connectivity index (χ3v) is 7.57. The maximum absolute atomic E-state index is 12.6. The third kappa shape index (κ3) is 8.45. The fourth-order valence-corrected chi connectivity index (χ4v) is 5.25. The minimum absolute atomic E-state index is 0.00226. The molecule has 0 aliphatic carbocycles. The first-order valence-corrected chi connectivity index (χ1v) is 15.2. The van der Waals surface area contributed by atoms with E-state index in [-0.39, 0.29) is 28.2 Å². The van der Waals surface area contributed by atoms with Gasteiger partial charge in [0.1, 0.15) is 18.1 Å². The zero-order valence-electron chi connectivity index (χ0n) is 25.0. The van der Waals surface area contributed by atoms with Gasteiger partial charge >= 0.3 is 11.6 Å². The summed E-state index contributed by atoms with van der Waals surface area (Å²) in [7, 11) is 0. The Kier molecular flexibility index (Phi) is 10.4. The van der Waals surface area contributed by atoms with Crippen LogP contribution in [0.2, 0.25) is 5.02 Å². The van der Waals surface area contributed by atoms with Crippen molar-refractivity contribution in [2.75, 3.05) is 11.9 Å². The van der Waals surface area contributed by atoms with E-state index in [1.165, 1.54) is 24.4 Å². The fourth-order valence-electron chi connectivity index (χ4n) is 4.54. The number of nitro benzene ring substituents is 1. The number of nitrogens with zero attached hydrogens (tertiary/aromatic N) is 3. The average molecular weight is 721 g/mol. The number of carbonyl (C=O) groups is 2. The Morgan fingerprint density at radius 2 is 1.70 bits per heavy atom. The van der Waals surface area contributed by atoms with Crippen molar-refractivity contribution in [2.24, 2.45) is 5.10 Å². The van der Waals surface area contributed by atoms with Crippen LogP contribution in [0, 0.1) is 24.0 Å². The van der Waals surface area contributed by atoms with Gasteiger partial charge in [-0.25, -0.2) is 5.43 Å². The summed E-state index contributed by atoms with van der Waals surface area (Å²) in [5.41, 5.74) is 5.98. The van der Waals surface area contributed by atoms with Crippen molar-refractivity contribution in [2.45, 2.75) is 20.5 Å². The number of amides is 2. The molecule has 12 nitrogen and oxygen atoms in total. The van der Waals surface area contributed by atoms with Crippen molar-refractivity contribution in [3.05, 3.63) is 133 Å². The molecule has 0 unspecified atom stereocenters. The summed E-state index contributed by atoms with van der Waals surface area (Å²) in [6.07, 6.45) is 1.22. The van der Waals surface area contributed by atoms with Crippen LogP contribution in [0.3, 0.4) is 0 Å². The van der Waals surface area contributed by atoms with Crippen molar-refractivity contribution in [3.63, 3.8) is 0 Å². The lowest BCUT2D eigenvalue weighted by Crippen LogP contribution is -2.20. The Morgan fingerprint density at radius 3 is 2.38 bits per heavy atom. The van der Waals surface area contributed by atoms with Gasteiger partial charge in [-0.15, -0.1) is 0 Å². The second kappa shape index (κ2) is 14.8. The summed E-state index contributed by atoms with van der Waals surface area (Å²) in [5, 5.41) is 18.8. The lowest BCUT2D eigenvalue weighted by atomic mass is 10.2. The topological polar surface area (TPSA) is 150 Å². The highest BCUT2D eigenvalue weighted by atomic mass is 79.9. The van der Waals surface area contributed by atoms with Crippen LogP contribution in [-0.4, -0.2) is 34.1 Å². The molecule has 0 fully saturated rings. The van der Waals surface area contributed by atoms with Crippen LogP contribution in [0.15, 0.2) is 98.9 Å². The van der Waals surface area contributed by atoms with Crippen LogP contribution in [0.1, 0.15) is 33.3 Å². The minimum atomic E-state index is -0.655. The van der Waals surface area contributed by atoms with E-state index >= 15 is 0 Å².